The molecule has 0 spiro atoms. The summed E-state index contributed by atoms with van der Waals surface area (Å²) >= 11 is 0. The van der Waals surface area contributed by atoms with Crippen LogP contribution in [-0.4, -0.2) is 57.3 Å². The fraction of sp³-hybridized carbons (Fsp3) is 0.458. The van der Waals surface area contributed by atoms with E-state index in [0.717, 1.165) is 29.1 Å². The minimum absolute atomic E-state index is 1.02. The number of nitrogens with zero attached hydrogens (tertiary/aromatic N) is 3. The number of pyridine rings is 1. The van der Waals surface area contributed by atoms with Crippen LogP contribution in [0.15, 0.2) is 48.7 Å². The zero-order chi connectivity index (χ0) is 21.1. The van der Waals surface area contributed by atoms with Gasteiger partial charge in [0, 0.05) is 49.7 Å². The van der Waals surface area contributed by atoms with Crippen molar-refractivity contribution < 1.29 is 9.05 Å². The van der Waals surface area contributed by atoms with Crippen molar-refractivity contribution in [3.05, 3.63) is 59.9 Å². The molecule has 158 valence electrons. The molecule has 0 saturated heterocycles. The quantitative estimate of drug-likeness (QED) is 0.200. The van der Waals surface area contributed by atoms with Gasteiger partial charge in [-0.25, -0.2) is 0 Å². The predicted molar refractivity (Wildman–Crippen MR) is 133 cm³/mol. The number of hydrogen-bond donors (Lipinski definition) is 0. The molecule has 1 aromatic carbocycles. The molecule has 29 heavy (non-hydrogen) atoms. The number of rotatable bonds is 12. The molecule has 3 nitrogen and oxygen atoms in total. The summed E-state index contributed by atoms with van der Waals surface area (Å²) in [5.74, 6) is 2.29. The van der Waals surface area contributed by atoms with Gasteiger partial charge in [-0.3, -0.25) is 0 Å². The Morgan fingerprint density at radius 3 is 2.45 bits per heavy atom. The standard InChI is InChI=1S/C24H37N3S2/c1-6-28-29-21-19-26-18-8-7-10-24(26)16-13-22-11-14-23(15-12-22)25(2)17-9-20-27(3,4)5/h7-8,10-16,18H,6,9,17,19-21H2,1-5H3/q+2. The predicted octanol–water partition coefficient (Wildman–Crippen LogP) is 5.08. The van der Waals surface area contributed by atoms with Crippen LogP contribution < -0.4 is 9.47 Å². The van der Waals surface area contributed by atoms with E-state index in [9.17, 15) is 0 Å². The molecule has 2 rings (SSSR count). The lowest BCUT2D eigenvalue weighted by molar-refractivity contribution is -0.870. The van der Waals surface area contributed by atoms with Crippen molar-refractivity contribution in [1.82, 2.24) is 0 Å². The molecule has 0 aliphatic rings. The van der Waals surface area contributed by atoms with Crippen molar-refractivity contribution in [2.75, 3.05) is 57.7 Å². The lowest BCUT2D eigenvalue weighted by Gasteiger charge is -2.26. The van der Waals surface area contributed by atoms with Crippen molar-refractivity contribution in [2.45, 2.75) is 19.9 Å². The van der Waals surface area contributed by atoms with Gasteiger partial charge in [-0.2, -0.15) is 4.57 Å². The zero-order valence-corrected chi connectivity index (χ0v) is 20.3. The smallest absolute Gasteiger partial charge is 0.205 e. The second-order valence-corrected chi connectivity index (χ2v) is 11.1. The molecule has 0 aliphatic heterocycles. The van der Waals surface area contributed by atoms with Crippen molar-refractivity contribution in [1.29, 1.82) is 0 Å². The van der Waals surface area contributed by atoms with Gasteiger partial charge in [0.25, 0.3) is 0 Å². The number of benzene rings is 1. The largest absolute Gasteiger partial charge is 0.374 e. The van der Waals surface area contributed by atoms with Crippen LogP contribution in [0.3, 0.4) is 0 Å². The maximum Gasteiger partial charge on any atom is 0.205 e. The van der Waals surface area contributed by atoms with Gasteiger partial charge in [0.05, 0.1) is 33.4 Å². The van der Waals surface area contributed by atoms with Crippen molar-refractivity contribution >= 4 is 39.4 Å². The summed E-state index contributed by atoms with van der Waals surface area (Å²) < 4.78 is 3.35. The minimum atomic E-state index is 1.02. The molecule has 0 radical (unpaired) electrons. The van der Waals surface area contributed by atoms with Crippen molar-refractivity contribution in [3.8, 4) is 0 Å². The van der Waals surface area contributed by atoms with Crippen LogP contribution in [-0.2, 0) is 6.54 Å². The summed E-state index contributed by atoms with van der Waals surface area (Å²) in [6.45, 7) is 5.52. The van der Waals surface area contributed by atoms with Gasteiger partial charge in [0.2, 0.25) is 5.69 Å². The van der Waals surface area contributed by atoms with Gasteiger partial charge in [0.1, 0.15) is 0 Å². The third-order valence-corrected chi connectivity index (χ3v) is 7.15. The van der Waals surface area contributed by atoms with E-state index in [4.69, 9.17) is 0 Å². The highest BCUT2D eigenvalue weighted by Gasteiger charge is 2.08. The van der Waals surface area contributed by atoms with Gasteiger partial charge in [-0.15, -0.1) is 0 Å². The number of hydrogen-bond acceptors (Lipinski definition) is 3. The van der Waals surface area contributed by atoms with Crippen LogP contribution in [0.25, 0.3) is 12.2 Å². The highest BCUT2D eigenvalue weighted by molar-refractivity contribution is 8.76. The number of aromatic nitrogens is 1. The second-order valence-electron chi connectivity index (χ2n) is 8.26. The first-order valence-electron chi connectivity index (χ1n) is 10.4. The summed E-state index contributed by atoms with van der Waals surface area (Å²) in [4.78, 5) is 2.35. The third-order valence-electron chi connectivity index (χ3n) is 4.70. The number of anilines is 1. The molecular weight excluding hydrogens is 394 g/mol. The minimum Gasteiger partial charge on any atom is -0.374 e. The monoisotopic (exact) mass is 431 g/mol. The molecule has 0 saturated carbocycles. The zero-order valence-electron chi connectivity index (χ0n) is 18.7. The highest BCUT2D eigenvalue weighted by Crippen LogP contribution is 2.19. The average molecular weight is 432 g/mol. The Bertz CT molecular complexity index is 751. The van der Waals surface area contributed by atoms with E-state index >= 15 is 0 Å². The Balaban J connectivity index is 1.93. The molecule has 0 bridgehead atoms. The lowest BCUT2D eigenvalue weighted by atomic mass is 10.1. The fourth-order valence-electron chi connectivity index (χ4n) is 3.06. The van der Waals surface area contributed by atoms with Crippen molar-refractivity contribution in [2.24, 2.45) is 0 Å². The van der Waals surface area contributed by atoms with Crippen LogP contribution in [0.5, 0.6) is 0 Å². The van der Waals surface area contributed by atoms with E-state index in [1.54, 1.807) is 0 Å². The number of aryl methyl sites for hydroxylation is 1. The van der Waals surface area contributed by atoms with Crippen molar-refractivity contribution in [3.63, 3.8) is 0 Å². The summed E-state index contributed by atoms with van der Waals surface area (Å²) in [5, 5.41) is 0. The molecule has 0 amide bonds. The first-order valence-corrected chi connectivity index (χ1v) is 12.9. The maximum atomic E-state index is 2.35. The third kappa shape index (κ3) is 9.28. The molecule has 0 unspecified atom stereocenters. The SMILES string of the molecule is CCSSCC[n+]1ccccc1/C=C/c1ccc(N(C)CCC[N+](C)(C)C)cc1. The molecule has 2 aromatic rings. The molecule has 0 atom stereocenters. The van der Waals surface area contributed by atoms with Gasteiger partial charge in [-0.05, 0) is 29.8 Å². The van der Waals surface area contributed by atoms with E-state index < -0.39 is 0 Å². The number of quaternary nitrogens is 1. The molecule has 0 N–H and O–H groups in total. The van der Waals surface area contributed by atoms with E-state index in [-0.39, 0.29) is 0 Å². The van der Waals surface area contributed by atoms with Crippen LogP contribution in [0, 0.1) is 0 Å². The lowest BCUT2D eigenvalue weighted by Crippen LogP contribution is -2.37. The summed E-state index contributed by atoms with van der Waals surface area (Å²) in [5.41, 5.74) is 3.76. The molecule has 0 aliphatic carbocycles. The van der Waals surface area contributed by atoms with E-state index in [1.807, 2.05) is 21.6 Å². The van der Waals surface area contributed by atoms with Gasteiger partial charge >= 0.3 is 0 Å². The summed E-state index contributed by atoms with van der Waals surface area (Å²) in [6.07, 6.45) is 7.80. The van der Waals surface area contributed by atoms with E-state index in [0.29, 0.717) is 0 Å². The molecule has 5 heteroatoms. The van der Waals surface area contributed by atoms with Crippen LogP contribution in [0.4, 0.5) is 5.69 Å². The fourth-order valence-corrected chi connectivity index (χ4v) is 4.69. The van der Waals surface area contributed by atoms with Crippen LogP contribution in [0.2, 0.25) is 0 Å². The molecular formula is C24H37N3S2+2. The highest BCUT2D eigenvalue weighted by atomic mass is 33.1. The van der Waals surface area contributed by atoms with E-state index in [1.165, 1.54) is 29.9 Å². The molecule has 1 heterocycles. The summed E-state index contributed by atoms with van der Waals surface area (Å²) in [7, 11) is 12.8. The Kier molecular flexibility index (Phi) is 10.1. The molecule has 0 fully saturated rings. The van der Waals surface area contributed by atoms with E-state index in [2.05, 4.69) is 105 Å². The Hall–Kier alpha value is -1.43. The first-order chi connectivity index (χ1) is 13.9. The maximum absolute atomic E-state index is 2.35. The first kappa shape index (κ1) is 23.8. The van der Waals surface area contributed by atoms with Crippen LogP contribution >= 0.6 is 21.6 Å². The van der Waals surface area contributed by atoms with Gasteiger partial charge in [0.15, 0.2) is 12.7 Å². The Labute approximate surface area is 185 Å². The van der Waals surface area contributed by atoms with Gasteiger partial charge in [-0.1, -0.05) is 40.6 Å². The van der Waals surface area contributed by atoms with Crippen LogP contribution in [0.1, 0.15) is 24.6 Å². The Morgan fingerprint density at radius 2 is 1.76 bits per heavy atom. The normalized spacial score (nSPS) is 11.9. The topological polar surface area (TPSA) is 7.12 Å². The second kappa shape index (κ2) is 12.3. The average Bonchev–Trinajstić information content (AvgIpc) is 2.70. The Morgan fingerprint density at radius 1 is 1.00 bits per heavy atom. The van der Waals surface area contributed by atoms with Gasteiger partial charge < -0.3 is 9.38 Å². The molecule has 1 aromatic heterocycles. The summed E-state index contributed by atoms with van der Waals surface area (Å²) in [6, 6.07) is 15.3.